The summed E-state index contributed by atoms with van der Waals surface area (Å²) in [7, 11) is 4.73. The molecule has 1 aromatic carbocycles. The highest BCUT2D eigenvalue weighted by Crippen LogP contribution is 2.39. The van der Waals surface area contributed by atoms with Crippen molar-refractivity contribution in [1.82, 2.24) is 10.6 Å². The van der Waals surface area contributed by atoms with Gasteiger partial charge in [0.2, 0.25) is 5.79 Å². The third-order valence-corrected chi connectivity index (χ3v) is 6.77. The van der Waals surface area contributed by atoms with Gasteiger partial charge in [0, 0.05) is 25.8 Å². The maximum absolute atomic E-state index is 13.3. The normalized spacial score (nSPS) is 37.1. The Balaban J connectivity index is 1.87. The van der Waals surface area contributed by atoms with Gasteiger partial charge >= 0.3 is 0 Å². The van der Waals surface area contributed by atoms with E-state index in [1.807, 2.05) is 0 Å². The summed E-state index contributed by atoms with van der Waals surface area (Å²) in [5.41, 5.74) is -1.37. The fourth-order valence-corrected chi connectivity index (χ4v) is 4.69. The Morgan fingerprint density at radius 3 is 2.36 bits per heavy atom. The van der Waals surface area contributed by atoms with E-state index in [2.05, 4.69) is 16.0 Å². The minimum Gasteiger partial charge on any atom is -0.390 e. The fourth-order valence-electron chi connectivity index (χ4n) is 4.69. The largest absolute Gasteiger partial charge is 0.390 e. The van der Waals surface area contributed by atoms with Crippen LogP contribution < -0.4 is 16.0 Å². The lowest BCUT2D eigenvalue weighted by molar-refractivity contribution is -0.393. The molecule has 1 aliphatic heterocycles. The number of nitrogens with one attached hydrogen (secondary N) is 3. The van der Waals surface area contributed by atoms with Crippen LogP contribution in [0.1, 0.15) is 13.3 Å². The standard InChI is InChI=1S/C22H36FN3O7/c1-12(31-4)9-21(29,10-26-14-7-5-13(23)6-8-14)22(30)11-32-20-18(28)15(24-2)17(27)16(25-3)19(20)33-22/h5-8,12,15-20,24-30H,9-11H2,1-4H3. The van der Waals surface area contributed by atoms with E-state index in [1.165, 1.54) is 31.4 Å². The second-order valence-corrected chi connectivity index (χ2v) is 8.90. The van der Waals surface area contributed by atoms with Gasteiger partial charge in [0.25, 0.3) is 0 Å². The number of methoxy groups -OCH3 is 1. The van der Waals surface area contributed by atoms with Crippen molar-refractivity contribution in [3.63, 3.8) is 0 Å². The molecule has 1 saturated heterocycles. The summed E-state index contributed by atoms with van der Waals surface area (Å²) in [6.07, 6.45) is -4.44. The number of hydrogen-bond acceptors (Lipinski definition) is 10. The number of halogens is 1. The first kappa shape index (κ1) is 26.2. The second kappa shape index (κ2) is 10.5. The van der Waals surface area contributed by atoms with E-state index in [9.17, 15) is 24.8 Å². The summed E-state index contributed by atoms with van der Waals surface area (Å²) in [6, 6.07) is 4.20. The number of aliphatic hydroxyl groups excluding tert-OH is 2. The quantitative estimate of drug-likeness (QED) is 0.233. The third kappa shape index (κ3) is 5.16. The molecule has 0 aromatic heterocycles. The maximum atomic E-state index is 13.3. The van der Waals surface area contributed by atoms with E-state index in [-0.39, 0.29) is 13.0 Å². The summed E-state index contributed by atoms with van der Waals surface area (Å²) in [4.78, 5) is 0. The van der Waals surface area contributed by atoms with Crippen LogP contribution in [0.25, 0.3) is 0 Å². The first-order valence-corrected chi connectivity index (χ1v) is 11.1. The Kier molecular flexibility index (Phi) is 8.31. The van der Waals surface area contributed by atoms with Gasteiger partial charge in [0.15, 0.2) is 0 Å². The van der Waals surface area contributed by atoms with Gasteiger partial charge in [-0.2, -0.15) is 0 Å². The summed E-state index contributed by atoms with van der Waals surface area (Å²) < 4.78 is 30.5. The number of rotatable bonds is 9. The minimum atomic E-state index is -2.20. The Morgan fingerprint density at radius 2 is 1.79 bits per heavy atom. The zero-order chi connectivity index (χ0) is 24.4. The van der Waals surface area contributed by atoms with Gasteiger partial charge in [-0.05, 0) is 45.3 Å². The van der Waals surface area contributed by atoms with E-state index in [1.54, 1.807) is 21.0 Å². The lowest BCUT2D eigenvalue weighted by Crippen LogP contribution is -2.77. The average molecular weight is 474 g/mol. The molecule has 1 aliphatic carbocycles. The van der Waals surface area contributed by atoms with Crippen molar-refractivity contribution >= 4 is 5.69 Å². The molecule has 2 fully saturated rings. The van der Waals surface area contributed by atoms with Crippen LogP contribution in [0.5, 0.6) is 0 Å². The molecule has 33 heavy (non-hydrogen) atoms. The molecule has 7 N–H and O–H groups in total. The van der Waals surface area contributed by atoms with Gasteiger partial charge in [-0.25, -0.2) is 4.39 Å². The molecule has 0 bridgehead atoms. The Morgan fingerprint density at radius 1 is 1.15 bits per heavy atom. The predicted molar refractivity (Wildman–Crippen MR) is 118 cm³/mol. The molecular formula is C22H36FN3O7. The zero-order valence-electron chi connectivity index (χ0n) is 19.4. The highest BCUT2D eigenvalue weighted by atomic mass is 19.1. The lowest BCUT2D eigenvalue weighted by atomic mass is 9.79. The maximum Gasteiger partial charge on any atom is 0.221 e. The smallest absolute Gasteiger partial charge is 0.221 e. The molecule has 3 rings (SSSR count). The van der Waals surface area contributed by atoms with Crippen molar-refractivity contribution in [3.05, 3.63) is 30.1 Å². The van der Waals surface area contributed by atoms with Crippen LogP contribution in [0.3, 0.4) is 0 Å². The van der Waals surface area contributed by atoms with Gasteiger partial charge in [-0.1, -0.05) is 0 Å². The van der Waals surface area contributed by atoms with Crippen LogP contribution in [0.2, 0.25) is 0 Å². The Hall–Kier alpha value is -1.41. The summed E-state index contributed by atoms with van der Waals surface area (Å²) in [6.45, 7) is 1.14. The summed E-state index contributed by atoms with van der Waals surface area (Å²) in [5, 5.41) is 53.5. The summed E-state index contributed by atoms with van der Waals surface area (Å²) in [5.74, 6) is -2.60. The van der Waals surface area contributed by atoms with Crippen molar-refractivity contribution in [1.29, 1.82) is 0 Å². The van der Waals surface area contributed by atoms with Crippen LogP contribution in [0, 0.1) is 5.82 Å². The van der Waals surface area contributed by atoms with Crippen LogP contribution in [0.4, 0.5) is 10.1 Å². The van der Waals surface area contributed by atoms with E-state index in [0.717, 1.165) is 0 Å². The molecule has 1 aromatic rings. The van der Waals surface area contributed by atoms with E-state index in [0.29, 0.717) is 5.69 Å². The van der Waals surface area contributed by atoms with Gasteiger partial charge in [-0.15, -0.1) is 0 Å². The minimum absolute atomic E-state index is 0.0244. The molecule has 0 radical (unpaired) electrons. The predicted octanol–water partition coefficient (Wildman–Crippen LogP) is -1.22. The van der Waals surface area contributed by atoms with Gasteiger partial charge < -0.3 is 50.6 Å². The van der Waals surface area contributed by atoms with Crippen LogP contribution in [-0.4, -0.2) is 109 Å². The first-order chi connectivity index (χ1) is 15.6. The van der Waals surface area contributed by atoms with Gasteiger partial charge in [-0.3, -0.25) is 0 Å². The van der Waals surface area contributed by atoms with E-state index in [4.69, 9.17) is 14.2 Å². The number of aliphatic hydroxyl groups is 4. The van der Waals surface area contributed by atoms with Crippen molar-refractivity contribution < 1.29 is 39.0 Å². The number of anilines is 1. The van der Waals surface area contributed by atoms with E-state index < -0.39 is 66.4 Å². The van der Waals surface area contributed by atoms with Crippen molar-refractivity contribution in [2.45, 2.75) is 67.3 Å². The Bertz CT molecular complexity index is 763. The molecule has 10 nitrogen and oxygen atoms in total. The van der Waals surface area contributed by atoms with Crippen LogP contribution in [-0.2, 0) is 14.2 Å². The first-order valence-electron chi connectivity index (χ1n) is 11.1. The highest BCUT2D eigenvalue weighted by molar-refractivity contribution is 5.43. The molecule has 188 valence electrons. The summed E-state index contributed by atoms with van der Waals surface area (Å²) >= 11 is 0. The molecule has 1 saturated carbocycles. The van der Waals surface area contributed by atoms with Crippen molar-refractivity contribution in [3.8, 4) is 0 Å². The van der Waals surface area contributed by atoms with Crippen LogP contribution in [0.15, 0.2) is 24.3 Å². The second-order valence-electron chi connectivity index (χ2n) is 8.90. The van der Waals surface area contributed by atoms with Crippen molar-refractivity contribution in [2.24, 2.45) is 0 Å². The van der Waals surface area contributed by atoms with Gasteiger partial charge in [0.05, 0.1) is 24.3 Å². The molecule has 2 aliphatic rings. The molecule has 1 heterocycles. The van der Waals surface area contributed by atoms with Gasteiger partial charge in [0.1, 0.15) is 36.3 Å². The molecule has 0 spiro atoms. The number of likely N-dealkylation sites (N-methyl/N-ethyl adjacent to an activating group) is 2. The number of benzene rings is 1. The molecule has 9 atom stereocenters. The lowest BCUT2D eigenvalue weighted by Gasteiger charge is -2.55. The van der Waals surface area contributed by atoms with E-state index >= 15 is 0 Å². The average Bonchev–Trinajstić information content (AvgIpc) is 2.79. The molecule has 0 amide bonds. The molecule has 11 heteroatoms. The monoisotopic (exact) mass is 473 g/mol. The number of hydrogen-bond donors (Lipinski definition) is 7. The molecular weight excluding hydrogens is 437 g/mol. The zero-order valence-corrected chi connectivity index (χ0v) is 19.4. The number of fused-ring (bicyclic) bond motifs is 1. The van der Waals surface area contributed by atoms with Crippen molar-refractivity contribution in [2.75, 3.05) is 39.7 Å². The molecule has 9 unspecified atom stereocenters. The number of ether oxygens (including phenoxy) is 3. The SMILES string of the molecule is CNC1C(O)C(NC)C2OC(O)(C(O)(CNc3ccc(F)cc3)CC(C)OC)COC2C1O. The third-order valence-electron chi connectivity index (χ3n) is 6.77. The fraction of sp³-hybridized carbons (Fsp3) is 0.727. The Labute approximate surface area is 193 Å². The topological polar surface area (TPSA) is 145 Å². The highest BCUT2D eigenvalue weighted by Gasteiger charge is 2.61. The van der Waals surface area contributed by atoms with Crippen LogP contribution >= 0.6 is 0 Å².